The molecule has 0 atom stereocenters. The van der Waals surface area contributed by atoms with Crippen LogP contribution in [0.3, 0.4) is 0 Å². The molecule has 4 rings (SSSR count). The molecular weight excluding hydrogens is 387 g/mol. The molecule has 3 nitrogen and oxygen atoms in total. The number of carbonyl (C=O) groups excluding carboxylic acids is 1. The van der Waals surface area contributed by atoms with Crippen molar-refractivity contribution in [3.05, 3.63) is 81.7 Å². The number of halogens is 2. The number of hydrogen-bond acceptors (Lipinski definition) is 3. The first-order chi connectivity index (χ1) is 12.6. The number of amides is 1. The second-order valence-corrected chi connectivity index (χ2v) is 7.34. The Kier molecular flexibility index (Phi) is 4.64. The van der Waals surface area contributed by atoms with Gasteiger partial charge in [0.1, 0.15) is 0 Å². The molecule has 1 N–H and O–H groups in total. The molecule has 1 heterocycles. The van der Waals surface area contributed by atoms with E-state index in [0.29, 0.717) is 20.7 Å². The van der Waals surface area contributed by atoms with E-state index in [2.05, 4.69) is 28.5 Å². The van der Waals surface area contributed by atoms with Gasteiger partial charge in [0.25, 0.3) is 5.91 Å². The third kappa shape index (κ3) is 3.31. The van der Waals surface area contributed by atoms with Gasteiger partial charge in [0.15, 0.2) is 5.13 Å². The summed E-state index contributed by atoms with van der Waals surface area (Å²) in [7, 11) is 0. The molecule has 0 saturated heterocycles. The van der Waals surface area contributed by atoms with E-state index in [4.69, 9.17) is 23.2 Å². The number of thiazole rings is 1. The Morgan fingerprint density at radius 2 is 1.81 bits per heavy atom. The highest BCUT2D eigenvalue weighted by Crippen LogP contribution is 2.31. The zero-order valence-electron chi connectivity index (χ0n) is 13.4. The highest BCUT2D eigenvalue weighted by atomic mass is 35.5. The number of nitrogens with zero attached hydrogens (tertiary/aromatic N) is 1. The summed E-state index contributed by atoms with van der Waals surface area (Å²) in [4.78, 5) is 17.0. The molecule has 0 aliphatic carbocycles. The Balaban J connectivity index is 1.64. The number of benzene rings is 3. The topological polar surface area (TPSA) is 42.0 Å². The van der Waals surface area contributed by atoms with Gasteiger partial charge < -0.3 is 0 Å². The summed E-state index contributed by atoms with van der Waals surface area (Å²) in [6.45, 7) is 0. The quantitative estimate of drug-likeness (QED) is 0.426. The van der Waals surface area contributed by atoms with Crippen LogP contribution in [0.5, 0.6) is 0 Å². The molecule has 4 aromatic rings. The summed E-state index contributed by atoms with van der Waals surface area (Å²) in [5, 5.41) is 8.29. The van der Waals surface area contributed by atoms with Gasteiger partial charge in [-0.3, -0.25) is 10.1 Å². The van der Waals surface area contributed by atoms with Crippen molar-refractivity contribution < 1.29 is 4.79 Å². The Hall–Kier alpha value is -2.40. The molecule has 6 heteroatoms. The summed E-state index contributed by atoms with van der Waals surface area (Å²) in [5.74, 6) is -0.337. The van der Waals surface area contributed by atoms with E-state index < -0.39 is 0 Å². The number of hydrogen-bond donors (Lipinski definition) is 1. The van der Waals surface area contributed by atoms with E-state index in [-0.39, 0.29) is 5.91 Å². The number of rotatable bonds is 3. The SMILES string of the molecule is O=C(Nc1nc(-c2cccc3ccccc23)cs1)c1cc(Cl)ccc1Cl. The Bertz CT molecular complexity index is 1120. The average Bonchev–Trinajstić information content (AvgIpc) is 3.11. The fraction of sp³-hybridized carbons (Fsp3) is 0. The monoisotopic (exact) mass is 398 g/mol. The highest BCUT2D eigenvalue weighted by molar-refractivity contribution is 7.14. The number of fused-ring (bicyclic) bond motifs is 1. The minimum atomic E-state index is -0.337. The second kappa shape index (κ2) is 7.08. The number of nitrogens with one attached hydrogen (secondary N) is 1. The van der Waals surface area contributed by atoms with Gasteiger partial charge in [-0.15, -0.1) is 11.3 Å². The molecule has 3 aromatic carbocycles. The maximum absolute atomic E-state index is 12.5. The highest BCUT2D eigenvalue weighted by Gasteiger charge is 2.14. The van der Waals surface area contributed by atoms with E-state index in [1.165, 1.54) is 11.3 Å². The van der Waals surface area contributed by atoms with E-state index in [1.807, 2.05) is 29.6 Å². The van der Waals surface area contributed by atoms with Gasteiger partial charge in [-0.2, -0.15) is 0 Å². The lowest BCUT2D eigenvalue weighted by atomic mass is 10.0. The Morgan fingerprint density at radius 3 is 2.69 bits per heavy atom. The third-order valence-corrected chi connectivity index (χ3v) is 5.29. The van der Waals surface area contributed by atoms with Crippen LogP contribution in [0.15, 0.2) is 66.0 Å². The maximum atomic E-state index is 12.5. The van der Waals surface area contributed by atoms with E-state index >= 15 is 0 Å². The zero-order chi connectivity index (χ0) is 18.1. The van der Waals surface area contributed by atoms with Crippen molar-refractivity contribution in [3.8, 4) is 11.3 Å². The van der Waals surface area contributed by atoms with Crippen molar-refractivity contribution >= 4 is 56.3 Å². The summed E-state index contributed by atoms with van der Waals surface area (Å²) >= 11 is 13.4. The van der Waals surface area contributed by atoms with Gasteiger partial charge in [-0.05, 0) is 29.0 Å². The van der Waals surface area contributed by atoms with Gasteiger partial charge in [-0.1, -0.05) is 65.7 Å². The molecule has 1 aromatic heterocycles. The standard InChI is InChI=1S/C20H12Cl2N2OS/c21-13-8-9-17(22)16(10-13)19(25)24-20-23-18(11-26-20)15-7-3-5-12-4-1-2-6-14(12)15/h1-11H,(H,23,24,25). The van der Waals surface area contributed by atoms with E-state index in [0.717, 1.165) is 22.0 Å². The molecule has 0 unspecified atom stereocenters. The molecule has 128 valence electrons. The average molecular weight is 399 g/mol. The maximum Gasteiger partial charge on any atom is 0.259 e. The van der Waals surface area contributed by atoms with Gasteiger partial charge in [0, 0.05) is 16.0 Å². The van der Waals surface area contributed by atoms with Crippen LogP contribution in [0.4, 0.5) is 5.13 Å². The Morgan fingerprint density at radius 1 is 1.00 bits per heavy atom. The van der Waals surface area contributed by atoms with Crippen LogP contribution >= 0.6 is 34.5 Å². The minimum absolute atomic E-state index is 0.320. The van der Waals surface area contributed by atoms with Crippen molar-refractivity contribution in [2.75, 3.05) is 5.32 Å². The van der Waals surface area contributed by atoms with Gasteiger partial charge >= 0.3 is 0 Å². The van der Waals surface area contributed by atoms with Gasteiger partial charge in [0.2, 0.25) is 0 Å². The van der Waals surface area contributed by atoms with Gasteiger partial charge in [0.05, 0.1) is 16.3 Å². The summed E-state index contributed by atoms with van der Waals surface area (Å²) in [5.41, 5.74) is 2.17. The molecule has 0 radical (unpaired) electrons. The van der Waals surface area contributed by atoms with Crippen LogP contribution in [0.1, 0.15) is 10.4 Å². The molecule has 0 saturated carbocycles. The fourth-order valence-electron chi connectivity index (χ4n) is 2.74. The molecule has 0 spiro atoms. The molecule has 0 bridgehead atoms. The van der Waals surface area contributed by atoms with Crippen molar-refractivity contribution in [1.82, 2.24) is 4.98 Å². The van der Waals surface area contributed by atoms with E-state index in [9.17, 15) is 4.79 Å². The second-order valence-electron chi connectivity index (χ2n) is 5.64. The summed E-state index contributed by atoms with van der Waals surface area (Å²) in [6.07, 6.45) is 0. The zero-order valence-corrected chi connectivity index (χ0v) is 15.7. The van der Waals surface area contributed by atoms with Crippen LogP contribution in [0, 0.1) is 0 Å². The number of carbonyl (C=O) groups is 1. The summed E-state index contributed by atoms with van der Waals surface area (Å²) < 4.78 is 0. The van der Waals surface area contributed by atoms with Crippen LogP contribution in [0.2, 0.25) is 10.0 Å². The smallest absolute Gasteiger partial charge is 0.259 e. The third-order valence-electron chi connectivity index (χ3n) is 3.96. The molecule has 1 amide bonds. The minimum Gasteiger partial charge on any atom is -0.298 e. The summed E-state index contributed by atoms with van der Waals surface area (Å²) in [6, 6.07) is 19.0. The van der Waals surface area contributed by atoms with Crippen molar-refractivity contribution in [3.63, 3.8) is 0 Å². The molecule has 0 fully saturated rings. The van der Waals surface area contributed by atoms with E-state index in [1.54, 1.807) is 18.2 Å². The molecule has 0 aliphatic heterocycles. The van der Waals surface area contributed by atoms with Crippen LogP contribution in [0.25, 0.3) is 22.0 Å². The Labute approximate surface area is 164 Å². The lowest BCUT2D eigenvalue weighted by Crippen LogP contribution is -2.12. The molecule has 0 aliphatic rings. The lowest BCUT2D eigenvalue weighted by Gasteiger charge is -2.05. The fourth-order valence-corrected chi connectivity index (χ4v) is 3.82. The van der Waals surface area contributed by atoms with Gasteiger partial charge in [-0.25, -0.2) is 4.98 Å². The lowest BCUT2D eigenvalue weighted by molar-refractivity contribution is 0.102. The predicted octanol–water partition coefficient (Wildman–Crippen LogP) is 6.52. The van der Waals surface area contributed by atoms with Crippen LogP contribution < -0.4 is 5.32 Å². The van der Waals surface area contributed by atoms with Crippen molar-refractivity contribution in [2.24, 2.45) is 0 Å². The normalized spacial score (nSPS) is 10.8. The first kappa shape index (κ1) is 17.0. The van der Waals surface area contributed by atoms with Crippen molar-refractivity contribution in [2.45, 2.75) is 0 Å². The molecular formula is C20H12Cl2N2OS. The number of anilines is 1. The largest absolute Gasteiger partial charge is 0.298 e. The predicted molar refractivity (Wildman–Crippen MR) is 109 cm³/mol. The van der Waals surface area contributed by atoms with Crippen LogP contribution in [-0.4, -0.2) is 10.9 Å². The first-order valence-electron chi connectivity index (χ1n) is 7.82. The van der Waals surface area contributed by atoms with Crippen LogP contribution in [-0.2, 0) is 0 Å². The number of aromatic nitrogens is 1. The molecule has 26 heavy (non-hydrogen) atoms. The van der Waals surface area contributed by atoms with Crippen molar-refractivity contribution in [1.29, 1.82) is 0 Å². The first-order valence-corrected chi connectivity index (χ1v) is 9.45.